The van der Waals surface area contributed by atoms with Gasteiger partial charge in [-0.25, -0.2) is 0 Å². The molecule has 0 radical (unpaired) electrons. The first-order valence-electron chi connectivity index (χ1n) is 5.07. The van der Waals surface area contributed by atoms with Gasteiger partial charge in [0.2, 0.25) is 5.91 Å². The molecule has 1 heterocycles. The molecule has 1 saturated heterocycles. The Bertz CT molecular complexity index is 245. The lowest BCUT2D eigenvalue weighted by Gasteiger charge is -2.31. The third-order valence-electron chi connectivity index (χ3n) is 2.29. The molecule has 0 bridgehead atoms. The van der Waals surface area contributed by atoms with E-state index in [9.17, 15) is 18.0 Å². The number of nitrogens with zero attached hydrogens (tertiary/aromatic N) is 1. The maximum atomic E-state index is 11.7. The first-order chi connectivity index (χ1) is 7.40. The summed E-state index contributed by atoms with van der Waals surface area (Å²) >= 11 is 0. The van der Waals surface area contributed by atoms with Crippen LogP contribution in [0, 0.1) is 0 Å². The molecule has 7 heteroatoms. The Morgan fingerprint density at radius 1 is 1.56 bits per heavy atom. The third kappa shape index (κ3) is 4.36. The Morgan fingerprint density at radius 3 is 2.88 bits per heavy atom. The minimum Gasteiger partial charge on any atom is -0.370 e. The molecule has 1 atom stereocenters. The van der Waals surface area contributed by atoms with Gasteiger partial charge < -0.3 is 15.0 Å². The molecule has 4 nitrogen and oxygen atoms in total. The maximum absolute atomic E-state index is 11.7. The standard InChI is InChI=1S/C9H15F3N2O2/c1-7-8(15)14(3-2-13-7)4-5-16-6-9(10,11)12/h7,13H,2-6H2,1H3. The average Bonchev–Trinajstić information content (AvgIpc) is 2.17. The maximum Gasteiger partial charge on any atom is 0.411 e. The second-order valence-electron chi connectivity index (χ2n) is 3.67. The van der Waals surface area contributed by atoms with Crippen molar-refractivity contribution in [2.45, 2.75) is 19.1 Å². The largest absolute Gasteiger partial charge is 0.411 e. The normalized spacial score (nSPS) is 22.6. The van der Waals surface area contributed by atoms with Crippen molar-refractivity contribution in [3.05, 3.63) is 0 Å². The van der Waals surface area contributed by atoms with Crippen molar-refractivity contribution < 1.29 is 22.7 Å². The predicted octanol–water partition coefficient (Wildman–Crippen LogP) is 0.386. The summed E-state index contributed by atoms with van der Waals surface area (Å²) in [7, 11) is 0. The monoisotopic (exact) mass is 240 g/mol. The SMILES string of the molecule is CC1NCCN(CCOCC(F)(F)F)C1=O. The van der Waals surface area contributed by atoms with E-state index in [-0.39, 0.29) is 25.1 Å². The quantitative estimate of drug-likeness (QED) is 0.723. The molecular weight excluding hydrogens is 225 g/mol. The molecule has 0 aliphatic carbocycles. The van der Waals surface area contributed by atoms with Crippen LogP contribution >= 0.6 is 0 Å². The Hall–Kier alpha value is -0.820. The fraction of sp³-hybridized carbons (Fsp3) is 0.889. The summed E-state index contributed by atoms with van der Waals surface area (Å²) in [6, 6.07) is -0.267. The molecule has 1 aliphatic heterocycles. The van der Waals surface area contributed by atoms with Gasteiger partial charge in [0, 0.05) is 19.6 Å². The van der Waals surface area contributed by atoms with Crippen LogP contribution in [0.1, 0.15) is 6.92 Å². The summed E-state index contributed by atoms with van der Waals surface area (Å²) in [6.45, 7) is 1.76. The molecule has 0 aromatic rings. The number of hydrogen-bond acceptors (Lipinski definition) is 3. The second kappa shape index (κ2) is 5.49. The Morgan fingerprint density at radius 2 is 2.25 bits per heavy atom. The molecule has 1 N–H and O–H groups in total. The fourth-order valence-electron chi connectivity index (χ4n) is 1.47. The van der Waals surface area contributed by atoms with Gasteiger partial charge in [-0.2, -0.15) is 13.2 Å². The zero-order chi connectivity index (χ0) is 12.2. The Labute approximate surface area is 91.7 Å². The molecule has 1 amide bonds. The molecule has 1 rings (SSSR count). The van der Waals surface area contributed by atoms with Crippen LogP contribution in [0.2, 0.25) is 0 Å². The van der Waals surface area contributed by atoms with E-state index >= 15 is 0 Å². The lowest BCUT2D eigenvalue weighted by Crippen LogP contribution is -2.54. The van der Waals surface area contributed by atoms with Gasteiger partial charge in [-0.1, -0.05) is 0 Å². The number of amides is 1. The predicted molar refractivity (Wildman–Crippen MR) is 50.9 cm³/mol. The highest BCUT2D eigenvalue weighted by Gasteiger charge is 2.28. The molecule has 0 saturated carbocycles. The van der Waals surface area contributed by atoms with E-state index in [1.54, 1.807) is 6.92 Å². The molecule has 1 fully saturated rings. The first-order valence-corrected chi connectivity index (χ1v) is 5.07. The zero-order valence-electron chi connectivity index (χ0n) is 9.01. The van der Waals surface area contributed by atoms with Gasteiger partial charge in [-0.15, -0.1) is 0 Å². The lowest BCUT2D eigenvalue weighted by molar-refractivity contribution is -0.175. The van der Waals surface area contributed by atoms with Crippen molar-refractivity contribution >= 4 is 5.91 Å². The number of nitrogens with one attached hydrogen (secondary N) is 1. The van der Waals surface area contributed by atoms with Gasteiger partial charge in [-0.3, -0.25) is 4.79 Å². The number of alkyl halides is 3. The zero-order valence-corrected chi connectivity index (χ0v) is 9.01. The van der Waals surface area contributed by atoms with E-state index < -0.39 is 12.8 Å². The summed E-state index contributed by atoms with van der Waals surface area (Å²) in [5, 5.41) is 2.96. The summed E-state index contributed by atoms with van der Waals surface area (Å²) in [5.74, 6) is -0.0955. The fourth-order valence-corrected chi connectivity index (χ4v) is 1.47. The number of hydrogen-bond donors (Lipinski definition) is 1. The van der Waals surface area contributed by atoms with Gasteiger partial charge >= 0.3 is 6.18 Å². The average molecular weight is 240 g/mol. The van der Waals surface area contributed by atoms with Gasteiger partial charge in [0.15, 0.2) is 0 Å². The van der Waals surface area contributed by atoms with Crippen LogP contribution in [0.4, 0.5) is 13.2 Å². The summed E-state index contributed by atoms with van der Waals surface area (Å²) in [6.07, 6.45) is -4.30. The van der Waals surface area contributed by atoms with Crippen LogP contribution < -0.4 is 5.32 Å². The van der Waals surface area contributed by atoms with E-state index in [2.05, 4.69) is 10.1 Å². The van der Waals surface area contributed by atoms with Crippen LogP contribution in [-0.2, 0) is 9.53 Å². The molecule has 1 unspecified atom stereocenters. The molecule has 16 heavy (non-hydrogen) atoms. The lowest BCUT2D eigenvalue weighted by atomic mass is 10.2. The first kappa shape index (κ1) is 13.2. The van der Waals surface area contributed by atoms with Gasteiger partial charge in [-0.05, 0) is 6.92 Å². The van der Waals surface area contributed by atoms with Crippen LogP contribution in [0.15, 0.2) is 0 Å². The minimum atomic E-state index is -4.30. The number of carbonyl (C=O) groups excluding carboxylic acids is 1. The van der Waals surface area contributed by atoms with Crippen LogP contribution in [0.5, 0.6) is 0 Å². The van der Waals surface area contributed by atoms with Crippen molar-refractivity contribution in [3.8, 4) is 0 Å². The van der Waals surface area contributed by atoms with E-state index in [0.29, 0.717) is 13.1 Å². The molecular formula is C9H15F3N2O2. The van der Waals surface area contributed by atoms with Crippen molar-refractivity contribution in [2.75, 3.05) is 32.8 Å². The highest BCUT2D eigenvalue weighted by atomic mass is 19.4. The molecule has 0 aromatic carbocycles. The van der Waals surface area contributed by atoms with Crippen LogP contribution in [0.25, 0.3) is 0 Å². The van der Waals surface area contributed by atoms with Crippen molar-refractivity contribution in [2.24, 2.45) is 0 Å². The Kier molecular flexibility index (Phi) is 4.55. The molecule has 0 aromatic heterocycles. The van der Waals surface area contributed by atoms with Crippen LogP contribution in [-0.4, -0.2) is 55.9 Å². The van der Waals surface area contributed by atoms with Gasteiger partial charge in [0.1, 0.15) is 6.61 Å². The van der Waals surface area contributed by atoms with E-state index in [0.717, 1.165) is 0 Å². The van der Waals surface area contributed by atoms with E-state index in [1.165, 1.54) is 4.90 Å². The highest BCUT2D eigenvalue weighted by Crippen LogP contribution is 2.14. The molecule has 0 spiro atoms. The van der Waals surface area contributed by atoms with Gasteiger partial charge in [0.05, 0.1) is 12.6 Å². The van der Waals surface area contributed by atoms with Crippen molar-refractivity contribution in [1.29, 1.82) is 0 Å². The number of ether oxygens (including phenoxy) is 1. The summed E-state index contributed by atoms with van der Waals surface area (Å²) < 4.78 is 39.7. The number of halogens is 3. The minimum absolute atomic E-state index is 0.0853. The smallest absolute Gasteiger partial charge is 0.370 e. The van der Waals surface area contributed by atoms with Gasteiger partial charge in [0.25, 0.3) is 0 Å². The highest BCUT2D eigenvalue weighted by molar-refractivity contribution is 5.82. The Balaban J connectivity index is 2.20. The number of rotatable bonds is 4. The summed E-state index contributed by atoms with van der Waals surface area (Å²) in [5.41, 5.74) is 0. The third-order valence-corrected chi connectivity index (χ3v) is 2.29. The van der Waals surface area contributed by atoms with Crippen molar-refractivity contribution in [1.82, 2.24) is 10.2 Å². The van der Waals surface area contributed by atoms with Crippen LogP contribution in [0.3, 0.4) is 0 Å². The molecule has 1 aliphatic rings. The van der Waals surface area contributed by atoms with Crippen molar-refractivity contribution in [3.63, 3.8) is 0 Å². The second-order valence-corrected chi connectivity index (χ2v) is 3.67. The van der Waals surface area contributed by atoms with E-state index in [1.807, 2.05) is 0 Å². The topological polar surface area (TPSA) is 41.6 Å². The van der Waals surface area contributed by atoms with E-state index in [4.69, 9.17) is 0 Å². The number of carbonyl (C=O) groups is 1. The number of piperazine rings is 1. The summed E-state index contributed by atoms with van der Waals surface area (Å²) in [4.78, 5) is 13.0. The molecule has 94 valence electrons.